The van der Waals surface area contributed by atoms with Crippen molar-refractivity contribution in [3.63, 3.8) is 0 Å². The summed E-state index contributed by atoms with van der Waals surface area (Å²) in [6.07, 6.45) is -2.13. The SMILES string of the molecule is COC1[C@H]2NC[C@@]1(CO)O[C@H]2C.COC1[C@H]2OC[C@@]1(CO)O[C@H]2C.COC1[C@H]2SC[C@@]1(CO)O[C@H]2C.COC[C@]12CN[C@@H](C1OP(C)(=O)[O-])[C@H](C)O2.COC[C@]12CO[C@@H](C1OP(C)(=O)[O-])[C@H](C)O2.COC[C@]12CS[C@@H](C1OP(C)(=O)[O-])[C@H](C)O2.C[C@@H]1O[C@@]2(CO)CO[C@H]1C2O.C[C@H]1O[C@@]2(CO)CO[C@H]1C2O.[B][C@H]1CC(OC)[C@@H](COC)O1.[B][C@H]1C[C@H](OC)[C@@H](COC)O1. The summed E-state index contributed by atoms with van der Waals surface area (Å²) >= 11 is 3.54. The van der Waals surface area contributed by atoms with Crippen LogP contribution >= 0.6 is 46.3 Å². The Labute approximate surface area is 762 Å². The molecule has 0 aromatic rings. The van der Waals surface area contributed by atoms with Crippen molar-refractivity contribution in [2.45, 2.75) is 294 Å². The summed E-state index contributed by atoms with van der Waals surface area (Å²) in [7, 11) is 16.1. The monoisotopic (exact) mass is 1940 g/mol. The lowest BCUT2D eigenvalue weighted by Crippen LogP contribution is -2.47. The number of aliphatic hydroxyl groups excluding tert-OH is 7. The minimum Gasteiger partial charge on any atom is -0.779 e. The molecule has 41 atom stereocenters. The van der Waals surface area contributed by atoms with Crippen LogP contribution in [0, 0.1) is 0 Å². The second-order valence-corrected chi connectivity index (χ2v) is 43.4. The normalized spacial score (nSPS) is 47.8. The first kappa shape index (κ1) is 112. The Morgan fingerprint density at radius 2 is 0.703 bits per heavy atom. The molecule has 744 valence electrons. The van der Waals surface area contributed by atoms with Gasteiger partial charge in [-0.25, -0.2) is 0 Å². The molecule has 49 heteroatoms. The van der Waals surface area contributed by atoms with E-state index < -0.39 is 98.1 Å². The molecule has 42 nitrogen and oxygen atoms in total. The van der Waals surface area contributed by atoms with Crippen molar-refractivity contribution in [1.29, 1.82) is 0 Å². The van der Waals surface area contributed by atoms with Gasteiger partial charge in [-0.05, 0) is 68.2 Å². The minimum atomic E-state index is -3.81. The van der Waals surface area contributed by atoms with Gasteiger partial charge in [0, 0.05) is 128 Å². The number of aliphatic hydroxyl groups is 7. The second-order valence-electron chi connectivity index (χ2n) is 35.8. The summed E-state index contributed by atoms with van der Waals surface area (Å²) in [4.78, 5) is 33.7. The van der Waals surface area contributed by atoms with Gasteiger partial charge in [-0.1, -0.05) is 0 Å². The van der Waals surface area contributed by atoms with E-state index in [1.807, 2.05) is 67.2 Å². The van der Waals surface area contributed by atoms with Crippen LogP contribution in [-0.2, 0) is 141 Å². The molecule has 18 rings (SSSR count). The maximum Gasteiger partial charge on any atom is 0.144 e. The van der Waals surface area contributed by atoms with E-state index in [-0.39, 0.29) is 185 Å². The zero-order chi connectivity index (χ0) is 94.9. The highest BCUT2D eigenvalue weighted by Gasteiger charge is 2.67. The van der Waals surface area contributed by atoms with Gasteiger partial charge in [-0.2, -0.15) is 0 Å². The highest BCUT2D eigenvalue weighted by atomic mass is 32.2. The third-order valence-electron chi connectivity index (χ3n) is 26.1. The van der Waals surface area contributed by atoms with E-state index >= 15 is 0 Å². The Morgan fingerprint density at radius 3 is 1.05 bits per heavy atom. The molecule has 16 bridgehead atoms. The molecule has 0 aromatic carbocycles. The average molecular weight is 1940 g/mol. The molecule has 18 aliphatic heterocycles. The first-order valence-electron chi connectivity index (χ1n) is 43.1. The molecule has 0 aliphatic carbocycles. The minimum absolute atomic E-state index is 0.000000000000000222. The summed E-state index contributed by atoms with van der Waals surface area (Å²) in [5.74, 6) is 1.58. The number of methoxy groups -OCH3 is 10. The molecule has 0 spiro atoms. The van der Waals surface area contributed by atoms with Crippen LogP contribution in [0.1, 0.15) is 68.2 Å². The van der Waals surface area contributed by atoms with E-state index in [1.54, 1.807) is 75.8 Å². The van der Waals surface area contributed by atoms with E-state index in [1.165, 1.54) is 7.11 Å². The summed E-state index contributed by atoms with van der Waals surface area (Å²) in [6, 6.07) is -0.236. The van der Waals surface area contributed by atoms with Gasteiger partial charge in [-0.3, -0.25) is 0 Å². The van der Waals surface area contributed by atoms with Gasteiger partial charge >= 0.3 is 0 Å². The lowest BCUT2D eigenvalue weighted by Gasteiger charge is -2.32. The highest BCUT2D eigenvalue weighted by molar-refractivity contribution is 8.00. The number of ether oxygens (including phenoxy) is 24. The van der Waals surface area contributed by atoms with Crippen molar-refractivity contribution in [1.82, 2.24) is 10.6 Å². The molecule has 4 radical (unpaired) electrons. The molecule has 0 saturated carbocycles. The Hall–Kier alpha value is -0.0401. The average Bonchev–Trinajstić information content (AvgIpc) is 1.59. The zero-order valence-corrected chi connectivity index (χ0v) is 81.7. The molecule has 18 fully saturated rings. The number of morpholine rings is 2. The Balaban J connectivity index is 0.000000161. The predicted octanol–water partition coefficient (Wildman–Crippen LogP) is -3.84. The van der Waals surface area contributed by atoms with E-state index in [2.05, 4.69) is 10.6 Å². The van der Waals surface area contributed by atoms with Gasteiger partial charge in [-0.15, -0.1) is 23.5 Å². The summed E-state index contributed by atoms with van der Waals surface area (Å²) in [6.45, 7) is 22.9. The predicted molar refractivity (Wildman–Crippen MR) is 455 cm³/mol. The first-order chi connectivity index (χ1) is 60.3. The number of hydrogen-bond donors (Lipinski definition) is 9. The third-order valence-corrected chi connectivity index (χ3v) is 31.3. The molecular weight excluding hydrogens is 1800 g/mol. The molecule has 18 saturated heterocycles. The number of thioether (sulfide) groups is 2. The largest absolute Gasteiger partial charge is 0.779 e. The summed E-state index contributed by atoms with van der Waals surface area (Å²) in [5.41, 5.74) is -5.21. The van der Waals surface area contributed by atoms with E-state index in [4.69, 9.17) is 153 Å². The van der Waals surface area contributed by atoms with Crippen LogP contribution in [0.4, 0.5) is 0 Å². The third kappa shape index (κ3) is 24.7. The van der Waals surface area contributed by atoms with Crippen LogP contribution in [0.5, 0.6) is 0 Å². The van der Waals surface area contributed by atoms with Crippen LogP contribution in [0.2, 0.25) is 0 Å². The Morgan fingerprint density at radius 1 is 0.375 bits per heavy atom. The molecular formula is C79H142B2N2O40P3S2-3. The van der Waals surface area contributed by atoms with Crippen molar-refractivity contribution < 1.29 is 191 Å². The van der Waals surface area contributed by atoms with Gasteiger partial charge < -0.3 is 202 Å². The summed E-state index contributed by atoms with van der Waals surface area (Å²) in [5, 5.41) is 71.6. The fourth-order valence-corrected chi connectivity index (χ4v) is 25.8. The van der Waals surface area contributed by atoms with E-state index in [9.17, 15) is 53.9 Å². The molecule has 9 N–H and O–H groups in total. The van der Waals surface area contributed by atoms with Crippen LogP contribution in [0.25, 0.3) is 0 Å². The van der Waals surface area contributed by atoms with Gasteiger partial charge in [0.2, 0.25) is 0 Å². The number of rotatable bonds is 26. The van der Waals surface area contributed by atoms with Gasteiger partial charge in [0.05, 0.1) is 176 Å². The fourth-order valence-electron chi connectivity index (χ4n) is 20.2. The standard InChI is InChI=1S/C9H18NO5P.C9H17O6P.C9H17O5PS.C8H15NO3.C8H14O4.C8H14O3S.2C7H13BO3.2C7H12O4/c1-6-7-8(15-16(3,11)12)9(14-6,4-10-7)5-13-2;1-6-7-8(15-16(3,10)11)9(14-6,4-12-2)5-13-7;1-6-7-8(14-15(3,10)11)9(13-6,4-12-2)5-16-7;1-5-6-7(11-2)8(4-10,12-5)3-9-6;1-5-6-7(10-2)8(3-9,12-5)4-11-6;1-5-6-7(10-2)8(3-9,11-5)4-12-6;2*1-9-4-6-5(10-2)3-7(8)11-6;2*1-4-5-6(9)7(2-8,11-4)3-10-5/h6-8,10H,4-5H2,1-3H3,(H,11,12);2*6-8H,4-5H2,1-3H3,(H,10,11);5-7,9-10H,3-4H2,1-2H3;2*5-7,9H,3-4H2,1-2H3;2*5-7H,3-4H2,1-2H3;2*4-6,8-9H,2-3H2,1H3/p-3/t6-,7+,8?,9+;2*6-,7+,8?,9-;5-,6-,7?,8-;2*5-,6-,7?,8+;5?,6-,7-;5-,6+,7+;4-,5+,6?,7-;4-,5-,6?,7+/m0000001001/s1. The molecule has 0 amide bonds. The topological polar surface area (TPSA) is 535 Å². The summed E-state index contributed by atoms with van der Waals surface area (Å²) < 4.78 is 178. The number of fused-ring (bicyclic) bond motifs is 16. The number of nitrogens with one attached hydrogen (secondary N) is 2. The van der Waals surface area contributed by atoms with Crippen molar-refractivity contribution in [2.75, 3.05) is 208 Å². The van der Waals surface area contributed by atoms with Crippen LogP contribution in [0.15, 0.2) is 0 Å². The highest BCUT2D eigenvalue weighted by Crippen LogP contribution is 2.55. The fraction of sp³-hybridized carbons (Fsp3) is 1.00. The van der Waals surface area contributed by atoms with Gasteiger partial charge in [0.1, 0.15) is 169 Å². The maximum atomic E-state index is 11.3. The molecule has 18 heterocycles. The first-order valence-corrected chi connectivity index (χ1v) is 51.2. The van der Waals surface area contributed by atoms with Crippen LogP contribution < -0.4 is 25.3 Å². The maximum absolute atomic E-state index is 11.3. The second kappa shape index (κ2) is 47.0. The van der Waals surface area contributed by atoms with Gasteiger partial charge in [0.15, 0.2) is 0 Å². The van der Waals surface area contributed by atoms with E-state index in [0.717, 1.165) is 44.3 Å². The molecule has 128 heavy (non-hydrogen) atoms. The zero-order valence-electron chi connectivity index (χ0n) is 77.4. The van der Waals surface area contributed by atoms with Crippen molar-refractivity contribution in [3.8, 4) is 0 Å². The lowest BCUT2D eigenvalue weighted by molar-refractivity contribution is -0.207. The van der Waals surface area contributed by atoms with E-state index in [0.29, 0.717) is 71.2 Å². The van der Waals surface area contributed by atoms with Crippen LogP contribution in [-0.4, -0.2) is 486 Å². The molecule has 18 aliphatic rings. The van der Waals surface area contributed by atoms with Crippen molar-refractivity contribution in [2.24, 2.45) is 0 Å². The van der Waals surface area contributed by atoms with Crippen LogP contribution in [0.3, 0.4) is 0 Å². The molecule has 12 unspecified atom stereocenters. The van der Waals surface area contributed by atoms with Crippen molar-refractivity contribution >= 4 is 62.0 Å². The van der Waals surface area contributed by atoms with Crippen molar-refractivity contribution in [3.05, 3.63) is 0 Å². The molecule has 0 aromatic heterocycles. The quantitative estimate of drug-likeness (QED) is 0.0296. The Kier molecular flexibility index (Phi) is 41.0. The number of hydrogen-bond acceptors (Lipinski definition) is 44. The smallest absolute Gasteiger partial charge is 0.144 e. The lowest BCUT2D eigenvalue weighted by atomic mass is 9.96. The Bertz CT molecular complexity index is 3240. The van der Waals surface area contributed by atoms with Gasteiger partial charge in [0.25, 0.3) is 0 Å².